The largest absolute Gasteiger partial charge is 0.369 e. The van der Waals surface area contributed by atoms with E-state index < -0.39 is 0 Å². The highest BCUT2D eigenvalue weighted by molar-refractivity contribution is 5.18. The molecule has 0 saturated carbocycles. The average Bonchev–Trinajstić information content (AvgIpc) is 2.66. The first kappa shape index (κ1) is 10.5. The molecule has 4 nitrogen and oxygen atoms in total. The third-order valence-electron chi connectivity index (χ3n) is 3.19. The number of rotatable bonds is 3. The molecule has 4 heteroatoms. The molecule has 2 N–H and O–H groups in total. The van der Waals surface area contributed by atoms with Gasteiger partial charge in [0.25, 0.3) is 0 Å². The summed E-state index contributed by atoms with van der Waals surface area (Å²) in [5, 5.41) is 0. The van der Waals surface area contributed by atoms with Crippen LogP contribution >= 0.6 is 0 Å². The Bertz CT molecular complexity index is 299. The number of likely N-dealkylation sites (tertiary alicyclic amines) is 1. The fourth-order valence-corrected chi connectivity index (χ4v) is 2.37. The van der Waals surface area contributed by atoms with E-state index in [1.54, 1.807) is 6.20 Å². The number of anilines is 1. The second kappa shape index (κ2) is 4.66. The molecule has 1 aromatic rings. The maximum absolute atomic E-state index is 5.80. The lowest BCUT2D eigenvalue weighted by atomic mass is 10.0. The number of nitrogens with zero attached hydrogens (tertiary/aromatic N) is 3. The van der Waals surface area contributed by atoms with Crippen LogP contribution in [0.3, 0.4) is 0 Å². The van der Waals surface area contributed by atoms with E-state index in [-0.39, 0.29) is 0 Å². The predicted molar refractivity (Wildman–Crippen MR) is 61.6 cm³/mol. The van der Waals surface area contributed by atoms with Crippen LogP contribution in [0.25, 0.3) is 0 Å². The molecule has 0 amide bonds. The first-order valence-corrected chi connectivity index (χ1v) is 5.82. The van der Waals surface area contributed by atoms with Gasteiger partial charge < -0.3 is 15.2 Å². The fourth-order valence-electron chi connectivity index (χ4n) is 2.37. The quantitative estimate of drug-likeness (QED) is 0.819. The number of hydrogen-bond acceptors (Lipinski definition) is 3. The van der Waals surface area contributed by atoms with Gasteiger partial charge in [0.15, 0.2) is 5.95 Å². The molecule has 1 aromatic heterocycles. The van der Waals surface area contributed by atoms with E-state index in [1.165, 1.54) is 38.9 Å². The molecule has 0 aliphatic carbocycles. The van der Waals surface area contributed by atoms with E-state index in [4.69, 9.17) is 5.73 Å². The van der Waals surface area contributed by atoms with E-state index in [2.05, 4.69) is 21.4 Å². The van der Waals surface area contributed by atoms with Crippen LogP contribution in [0.2, 0.25) is 0 Å². The van der Waals surface area contributed by atoms with Crippen molar-refractivity contribution in [2.24, 2.45) is 0 Å². The van der Waals surface area contributed by atoms with Crippen molar-refractivity contribution < 1.29 is 0 Å². The monoisotopic (exact) mass is 208 g/mol. The predicted octanol–water partition coefficient (Wildman–Crippen LogP) is 1.51. The summed E-state index contributed by atoms with van der Waals surface area (Å²) in [7, 11) is 0. The van der Waals surface area contributed by atoms with Crippen LogP contribution in [-0.2, 0) is 0 Å². The normalized spacial score (nSPS) is 19.5. The molecule has 1 aliphatic rings. The van der Waals surface area contributed by atoms with Crippen molar-refractivity contribution in [3.63, 3.8) is 0 Å². The molecule has 0 radical (unpaired) electrons. The number of aromatic nitrogens is 2. The molecule has 1 fully saturated rings. The minimum atomic E-state index is 0.556. The fraction of sp³-hybridized carbons (Fsp3) is 0.727. The lowest BCUT2D eigenvalue weighted by Crippen LogP contribution is -2.35. The second-order valence-electron chi connectivity index (χ2n) is 4.27. The van der Waals surface area contributed by atoms with Crippen LogP contribution < -0.4 is 5.73 Å². The van der Waals surface area contributed by atoms with Gasteiger partial charge >= 0.3 is 0 Å². The Labute approximate surface area is 91.1 Å². The molecule has 0 spiro atoms. The molecule has 1 saturated heterocycles. The zero-order valence-electron chi connectivity index (χ0n) is 9.39. The van der Waals surface area contributed by atoms with Gasteiger partial charge in [-0.1, -0.05) is 6.92 Å². The molecule has 84 valence electrons. The van der Waals surface area contributed by atoms with E-state index >= 15 is 0 Å². The molecule has 15 heavy (non-hydrogen) atoms. The molecular formula is C11H20N4. The van der Waals surface area contributed by atoms with Crippen molar-refractivity contribution in [2.75, 3.05) is 25.4 Å². The zero-order valence-corrected chi connectivity index (χ0v) is 9.39. The smallest absolute Gasteiger partial charge is 0.200 e. The Morgan fingerprint density at radius 3 is 2.73 bits per heavy atom. The van der Waals surface area contributed by atoms with Crippen LogP contribution in [0, 0.1) is 0 Å². The van der Waals surface area contributed by atoms with E-state index in [9.17, 15) is 0 Å². The van der Waals surface area contributed by atoms with Crippen molar-refractivity contribution in [3.8, 4) is 0 Å². The number of nitrogens with two attached hydrogens (primary N) is 1. The van der Waals surface area contributed by atoms with Crippen molar-refractivity contribution in [2.45, 2.75) is 32.2 Å². The van der Waals surface area contributed by atoms with Gasteiger partial charge in [-0.15, -0.1) is 0 Å². The van der Waals surface area contributed by atoms with E-state index in [0.29, 0.717) is 12.0 Å². The zero-order chi connectivity index (χ0) is 10.7. The summed E-state index contributed by atoms with van der Waals surface area (Å²) in [6, 6.07) is 0.556. The number of hydrogen-bond donors (Lipinski definition) is 1. The standard InChI is InChI=1S/C11H20N4/c1-2-6-14-7-3-10(4-8-14)15-9-5-13-11(15)12/h5,9-10H,2-4,6-8H2,1H3,(H2,12,13). The maximum Gasteiger partial charge on any atom is 0.200 e. The van der Waals surface area contributed by atoms with Gasteiger partial charge in [-0.25, -0.2) is 4.98 Å². The van der Waals surface area contributed by atoms with Crippen molar-refractivity contribution in [1.82, 2.24) is 14.5 Å². The van der Waals surface area contributed by atoms with Crippen LogP contribution in [-0.4, -0.2) is 34.1 Å². The van der Waals surface area contributed by atoms with Crippen LogP contribution in [0.4, 0.5) is 5.95 Å². The Balaban J connectivity index is 1.91. The van der Waals surface area contributed by atoms with E-state index in [1.807, 2.05) is 6.20 Å². The van der Waals surface area contributed by atoms with Crippen LogP contribution in [0.5, 0.6) is 0 Å². The summed E-state index contributed by atoms with van der Waals surface area (Å²) in [6.45, 7) is 5.85. The van der Waals surface area contributed by atoms with Crippen molar-refractivity contribution in [1.29, 1.82) is 0 Å². The first-order chi connectivity index (χ1) is 7.31. The summed E-state index contributed by atoms with van der Waals surface area (Å²) in [5.74, 6) is 0.656. The minimum absolute atomic E-state index is 0.556. The second-order valence-corrected chi connectivity index (χ2v) is 4.27. The third-order valence-corrected chi connectivity index (χ3v) is 3.19. The van der Waals surface area contributed by atoms with Crippen LogP contribution in [0.1, 0.15) is 32.2 Å². The van der Waals surface area contributed by atoms with Gasteiger partial charge in [-0.05, 0) is 25.8 Å². The topological polar surface area (TPSA) is 47.1 Å². The van der Waals surface area contributed by atoms with Gasteiger partial charge in [0, 0.05) is 31.5 Å². The third kappa shape index (κ3) is 2.31. The molecular weight excluding hydrogens is 188 g/mol. The Hall–Kier alpha value is -1.03. The highest BCUT2D eigenvalue weighted by Gasteiger charge is 2.20. The maximum atomic E-state index is 5.80. The molecule has 2 rings (SSSR count). The summed E-state index contributed by atoms with van der Waals surface area (Å²) in [5.41, 5.74) is 5.80. The van der Waals surface area contributed by atoms with Crippen molar-refractivity contribution in [3.05, 3.63) is 12.4 Å². The number of imidazole rings is 1. The minimum Gasteiger partial charge on any atom is -0.369 e. The van der Waals surface area contributed by atoms with Gasteiger partial charge in [0.1, 0.15) is 0 Å². The van der Waals surface area contributed by atoms with Gasteiger partial charge in [-0.3, -0.25) is 0 Å². The van der Waals surface area contributed by atoms with Gasteiger partial charge in [0.05, 0.1) is 0 Å². The molecule has 1 aliphatic heterocycles. The Kier molecular flexibility index (Phi) is 3.26. The summed E-state index contributed by atoms with van der Waals surface area (Å²) >= 11 is 0. The van der Waals surface area contributed by atoms with Crippen LogP contribution in [0.15, 0.2) is 12.4 Å². The lowest BCUT2D eigenvalue weighted by molar-refractivity contribution is 0.188. The molecule has 2 heterocycles. The highest BCUT2D eigenvalue weighted by atomic mass is 15.2. The highest BCUT2D eigenvalue weighted by Crippen LogP contribution is 2.24. The van der Waals surface area contributed by atoms with Gasteiger partial charge in [-0.2, -0.15) is 0 Å². The Morgan fingerprint density at radius 2 is 2.20 bits per heavy atom. The lowest BCUT2D eigenvalue weighted by Gasteiger charge is -2.32. The SMILES string of the molecule is CCCN1CCC(n2ccnc2N)CC1. The van der Waals surface area contributed by atoms with Crippen molar-refractivity contribution >= 4 is 5.95 Å². The average molecular weight is 208 g/mol. The summed E-state index contributed by atoms with van der Waals surface area (Å²) in [6.07, 6.45) is 7.42. The number of nitrogen functional groups attached to an aromatic ring is 1. The van der Waals surface area contributed by atoms with Gasteiger partial charge in [0.2, 0.25) is 0 Å². The first-order valence-electron chi connectivity index (χ1n) is 5.82. The molecule has 0 aromatic carbocycles. The molecule has 0 unspecified atom stereocenters. The molecule has 0 bridgehead atoms. The van der Waals surface area contributed by atoms with E-state index in [0.717, 1.165) is 0 Å². The number of piperidine rings is 1. The molecule has 0 atom stereocenters. The summed E-state index contributed by atoms with van der Waals surface area (Å²) < 4.78 is 2.11. The summed E-state index contributed by atoms with van der Waals surface area (Å²) in [4.78, 5) is 6.61. The Morgan fingerprint density at radius 1 is 1.47 bits per heavy atom.